The van der Waals surface area contributed by atoms with E-state index in [4.69, 9.17) is 11.6 Å². The smallest absolute Gasteiger partial charge is 0.230 e. The van der Waals surface area contributed by atoms with Crippen molar-refractivity contribution in [3.63, 3.8) is 0 Å². The standard InChI is InChI=1S/C28H34ClFN2O/c29-24-10-6-11-25(30)27(24)21-15-17-31(18-16-21)19-23-14-13-20-7-4-5-12-26(20)32(23)28(33)22-8-2-1-3-9-22/h4-7,10-12,21-23H,1-3,8-9,13-19H2. The molecule has 2 aliphatic heterocycles. The molecule has 0 spiro atoms. The number of anilines is 1. The van der Waals surface area contributed by atoms with Crippen molar-refractivity contribution < 1.29 is 9.18 Å². The summed E-state index contributed by atoms with van der Waals surface area (Å²) in [7, 11) is 0. The van der Waals surface area contributed by atoms with Gasteiger partial charge in [0.1, 0.15) is 5.82 Å². The number of likely N-dealkylation sites (tertiary alicyclic amines) is 1. The third-order valence-corrected chi connectivity index (χ3v) is 8.35. The molecule has 2 aromatic carbocycles. The van der Waals surface area contributed by atoms with Gasteiger partial charge in [0, 0.05) is 34.8 Å². The highest BCUT2D eigenvalue weighted by molar-refractivity contribution is 6.31. The van der Waals surface area contributed by atoms with Crippen LogP contribution in [-0.4, -0.2) is 36.5 Å². The maximum atomic E-state index is 14.4. The number of para-hydroxylation sites is 1. The molecule has 2 fully saturated rings. The Kier molecular flexibility index (Phi) is 7.03. The van der Waals surface area contributed by atoms with Crippen LogP contribution in [0, 0.1) is 11.7 Å². The first kappa shape index (κ1) is 22.9. The van der Waals surface area contributed by atoms with Crippen molar-refractivity contribution in [3.8, 4) is 0 Å². The zero-order chi connectivity index (χ0) is 22.8. The molecule has 1 atom stereocenters. The molecule has 2 heterocycles. The van der Waals surface area contributed by atoms with Gasteiger partial charge in [-0.25, -0.2) is 4.39 Å². The largest absolute Gasteiger partial charge is 0.308 e. The van der Waals surface area contributed by atoms with Crippen LogP contribution in [0.5, 0.6) is 0 Å². The summed E-state index contributed by atoms with van der Waals surface area (Å²) in [6.45, 7) is 2.72. The Bertz CT molecular complexity index is 961. The lowest BCUT2D eigenvalue weighted by atomic mass is 9.85. The number of nitrogens with zero attached hydrogens (tertiary/aromatic N) is 2. The van der Waals surface area contributed by atoms with Gasteiger partial charge >= 0.3 is 0 Å². The number of benzene rings is 2. The molecular formula is C28H34ClFN2O. The number of piperidine rings is 1. The minimum absolute atomic E-state index is 0.168. The highest BCUT2D eigenvalue weighted by atomic mass is 35.5. The predicted molar refractivity (Wildman–Crippen MR) is 132 cm³/mol. The average Bonchev–Trinajstić information content (AvgIpc) is 2.85. The predicted octanol–water partition coefficient (Wildman–Crippen LogP) is 6.59. The number of rotatable bonds is 4. The Morgan fingerprint density at radius 3 is 2.45 bits per heavy atom. The molecule has 0 aromatic heterocycles. The number of hydrogen-bond acceptors (Lipinski definition) is 2. The molecule has 33 heavy (non-hydrogen) atoms. The molecule has 5 rings (SSSR count). The third-order valence-electron chi connectivity index (χ3n) is 8.02. The van der Waals surface area contributed by atoms with E-state index in [0.29, 0.717) is 16.5 Å². The molecule has 176 valence electrons. The van der Waals surface area contributed by atoms with Crippen LogP contribution in [0.4, 0.5) is 10.1 Å². The van der Waals surface area contributed by atoms with Crippen LogP contribution >= 0.6 is 11.6 Å². The van der Waals surface area contributed by atoms with E-state index in [0.717, 1.165) is 63.8 Å². The molecule has 2 aromatic rings. The number of fused-ring (bicyclic) bond motifs is 1. The molecule has 5 heteroatoms. The zero-order valence-electron chi connectivity index (χ0n) is 19.3. The number of carbonyl (C=O) groups excluding carboxylic acids is 1. The van der Waals surface area contributed by atoms with Crippen molar-refractivity contribution in [2.75, 3.05) is 24.5 Å². The van der Waals surface area contributed by atoms with Crippen molar-refractivity contribution in [2.45, 2.75) is 69.7 Å². The number of amides is 1. The Morgan fingerprint density at radius 1 is 0.939 bits per heavy atom. The van der Waals surface area contributed by atoms with Crippen LogP contribution in [0.15, 0.2) is 42.5 Å². The van der Waals surface area contributed by atoms with Gasteiger partial charge in [0.25, 0.3) is 0 Å². The molecule has 0 radical (unpaired) electrons. The van der Waals surface area contributed by atoms with E-state index in [1.165, 1.54) is 30.9 Å². The fraction of sp³-hybridized carbons (Fsp3) is 0.536. The first-order valence-corrected chi connectivity index (χ1v) is 13.1. The summed E-state index contributed by atoms with van der Waals surface area (Å²) < 4.78 is 14.4. The van der Waals surface area contributed by atoms with Crippen LogP contribution in [0.25, 0.3) is 0 Å². The Labute approximate surface area is 201 Å². The minimum Gasteiger partial charge on any atom is -0.308 e. The molecule has 0 N–H and O–H groups in total. The second kappa shape index (κ2) is 10.1. The average molecular weight is 469 g/mol. The minimum atomic E-state index is -0.186. The molecule has 1 saturated carbocycles. The lowest BCUT2D eigenvalue weighted by Gasteiger charge is -2.43. The Balaban J connectivity index is 1.29. The highest BCUT2D eigenvalue weighted by Crippen LogP contribution is 2.37. The first-order valence-electron chi connectivity index (χ1n) is 12.7. The zero-order valence-corrected chi connectivity index (χ0v) is 20.1. The van der Waals surface area contributed by atoms with Gasteiger partial charge in [-0.15, -0.1) is 0 Å². The summed E-state index contributed by atoms with van der Waals surface area (Å²) in [4.78, 5) is 18.4. The second-order valence-corrected chi connectivity index (χ2v) is 10.5. The second-order valence-electron chi connectivity index (χ2n) is 10.1. The van der Waals surface area contributed by atoms with E-state index in [1.54, 1.807) is 12.1 Å². The van der Waals surface area contributed by atoms with Crippen molar-refractivity contribution in [1.82, 2.24) is 4.90 Å². The molecule has 1 amide bonds. The summed E-state index contributed by atoms with van der Waals surface area (Å²) >= 11 is 6.33. The van der Waals surface area contributed by atoms with Crippen molar-refractivity contribution in [3.05, 3.63) is 64.4 Å². The summed E-state index contributed by atoms with van der Waals surface area (Å²) in [6.07, 6.45) is 9.49. The van der Waals surface area contributed by atoms with E-state index >= 15 is 0 Å². The van der Waals surface area contributed by atoms with Gasteiger partial charge in [-0.3, -0.25) is 4.79 Å². The molecule has 3 nitrogen and oxygen atoms in total. The molecule has 1 saturated heterocycles. The number of carbonyl (C=O) groups is 1. The fourth-order valence-electron chi connectivity index (χ4n) is 6.23. The molecular weight excluding hydrogens is 435 g/mol. The summed E-state index contributed by atoms with van der Waals surface area (Å²) in [5, 5.41) is 0.543. The van der Waals surface area contributed by atoms with Gasteiger partial charge in [-0.05, 0) is 81.3 Å². The van der Waals surface area contributed by atoms with Gasteiger partial charge < -0.3 is 9.80 Å². The van der Waals surface area contributed by atoms with Gasteiger partial charge in [-0.1, -0.05) is 55.1 Å². The fourth-order valence-corrected chi connectivity index (χ4v) is 6.54. The quantitative estimate of drug-likeness (QED) is 0.505. The maximum Gasteiger partial charge on any atom is 0.230 e. The van der Waals surface area contributed by atoms with Gasteiger partial charge in [0.2, 0.25) is 5.91 Å². The first-order chi connectivity index (χ1) is 16.1. The topological polar surface area (TPSA) is 23.6 Å². The van der Waals surface area contributed by atoms with E-state index < -0.39 is 0 Å². The maximum absolute atomic E-state index is 14.4. The third kappa shape index (κ3) is 4.83. The van der Waals surface area contributed by atoms with Crippen molar-refractivity contribution in [1.29, 1.82) is 0 Å². The Hall–Kier alpha value is -1.91. The number of halogens is 2. The van der Waals surface area contributed by atoms with Gasteiger partial charge in [0.05, 0.1) is 0 Å². The summed E-state index contributed by atoms with van der Waals surface area (Å²) in [5.41, 5.74) is 3.10. The molecule has 1 unspecified atom stereocenters. The number of aryl methyl sites for hydroxylation is 1. The van der Waals surface area contributed by atoms with Gasteiger partial charge in [0.15, 0.2) is 0 Å². The van der Waals surface area contributed by atoms with E-state index in [1.807, 2.05) is 0 Å². The van der Waals surface area contributed by atoms with Crippen molar-refractivity contribution in [2.24, 2.45) is 5.92 Å². The number of hydrogen-bond donors (Lipinski definition) is 0. The Morgan fingerprint density at radius 2 is 1.70 bits per heavy atom. The molecule has 3 aliphatic rings. The normalized spacial score (nSPS) is 22.8. The SMILES string of the molecule is O=C(C1CCCCC1)N1c2ccccc2CCC1CN1CCC(c2c(F)cccc2Cl)CC1. The van der Waals surface area contributed by atoms with E-state index in [-0.39, 0.29) is 23.7 Å². The van der Waals surface area contributed by atoms with Crippen LogP contribution in [-0.2, 0) is 11.2 Å². The monoisotopic (exact) mass is 468 g/mol. The molecule has 1 aliphatic carbocycles. The van der Waals surface area contributed by atoms with Crippen LogP contribution in [0.2, 0.25) is 5.02 Å². The van der Waals surface area contributed by atoms with Crippen LogP contribution in [0.3, 0.4) is 0 Å². The summed E-state index contributed by atoms with van der Waals surface area (Å²) in [6, 6.07) is 13.7. The van der Waals surface area contributed by atoms with E-state index in [2.05, 4.69) is 34.1 Å². The highest BCUT2D eigenvalue weighted by Gasteiger charge is 2.36. The lowest BCUT2D eigenvalue weighted by Crippen LogP contribution is -2.52. The molecule has 0 bridgehead atoms. The van der Waals surface area contributed by atoms with Crippen LogP contribution in [0.1, 0.15) is 68.4 Å². The van der Waals surface area contributed by atoms with Crippen molar-refractivity contribution >= 4 is 23.2 Å². The lowest BCUT2D eigenvalue weighted by molar-refractivity contribution is -0.124. The van der Waals surface area contributed by atoms with Crippen LogP contribution < -0.4 is 4.90 Å². The summed E-state index contributed by atoms with van der Waals surface area (Å²) in [5.74, 6) is 0.484. The van der Waals surface area contributed by atoms with Gasteiger partial charge in [-0.2, -0.15) is 0 Å². The van der Waals surface area contributed by atoms with E-state index in [9.17, 15) is 9.18 Å².